The molecule has 4 aromatic carbocycles. The van der Waals surface area contributed by atoms with E-state index in [0.717, 1.165) is 32.9 Å². The Bertz CT molecular complexity index is 1800. The number of para-hydroxylation sites is 2. The summed E-state index contributed by atoms with van der Waals surface area (Å²) in [5.41, 5.74) is 3.25. The Hall–Kier alpha value is -3.38. The molecule has 6 aromatic rings. The molecule has 0 saturated carbocycles. The van der Waals surface area contributed by atoms with Crippen LogP contribution >= 0.6 is 34.5 Å². The van der Waals surface area contributed by atoms with Crippen LogP contribution in [-0.4, -0.2) is 9.38 Å². The van der Waals surface area contributed by atoms with Gasteiger partial charge in [0.15, 0.2) is 10.7 Å². The number of nitrogens with zero attached hydrogens (tertiary/aromatic N) is 2. The molecule has 0 fully saturated rings. The van der Waals surface area contributed by atoms with Crippen molar-refractivity contribution >= 4 is 67.4 Å². The average molecular weight is 503 g/mol. The summed E-state index contributed by atoms with van der Waals surface area (Å²) in [6, 6.07) is 25.4. The summed E-state index contributed by atoms with van der Waals surface area (Å²) in [5, 5.41) is 3.05. The third kappa shape index (κ3) is 3.62. The molecule has 0 amide bonds. The van der Waals surface area contributed by atoms with Crippen LogP contribution in [-0.2, 0) is 6.61 Å². The lowest BCUT2D eigenvalue weighted by Gasteiger charge is -2.12. The van der Waals surface area contributed by atoms with Gasteiger partial charge in [0.05, 0.1) is 25.6 Å². The minimum Gasteiger partial charge on any atom is -0.486 e. The second-order valence-electron chi connectivity index (χ2n) is 7.87. The number of imidazole rings is 1. The molecule has 4 nitrogen and oxygen atoms in total. The summed E-state index contributed by atoms with van der Waals surface area (Å²) in [5.74, 6) is 0.419. The van der Waals surface area contributed by atoms with Crippen molar-refractivity contribution in [3.63, 3.8) is 0 Å². The Morgan fingerprint density at radius 1 is 0.941 bits per heavy atom. The van der Waals surface area contributed by atoms with E-state index in [2.05, 4.69) is 23.2 Å². The van der Waals surface area contributed by atoms with Gasteiger partial charge in [-0.15, -0.1) is 0 Å². The first-order valence-corrected chi connectivity index (χ1v) is 12.2. The van der Waals surface area contributed by atoms with Crippen molar-refractivity contribution in [3.8, 4) is 5.75 Å². The van der Waals surface area contributed by atoms with Gasteiger partial charge in [0.25, 0.3) is 5.56 Å². The summed E-state index contributed by atoms with van der Waals surface area (Å²) in [4.78, 5) is 18.2. The molecule has 34 heavy (non-hydrogen) atoms. The van der Waals surface area contributed by atoms with Gasteiger partial charge in [-0.1, -0.05) is 89.1 Å². The minimum absolute atomic E-state index is 0.114. The first-order valence-electron chi connectivity index (χ1n) is 10.6. The standard InChI is InChI=1S/C27H16Cl2N2O2S/c28-20-12-16(14-24-26(32)31-23-11-4-3-10-22(23)30-27(31)34-24)13-21(29)25(20)33-15-18-8-5-7-17-6-1-2-9-19(17)18/h1-14H,15H2. The Labute approximate surface area is 208 Å². The number of rotatable bonds is 4. The van der Waals surface area contributed by atoms with Gasteiger partial charge in [-0.3, -0.25) is 4.79 Å². The quantitative estimate of drug-likeness (QED) is 0.276. The van der Waals surface area contributed by atoms with E-state index in [0.29, 0.717) is 31.9 Å². The fourth-order valence-electron chi connectivity index (χ4n) is 4.13. The van der Waals surface area contributed by atoms with Crippen LogP contribution < -0.4 is 14.8 Å². The Morgan fingerprint density at radius 2 is 1.68 bits per heavy atom. The van der Waals surface area contributed by atoms with Crippen molar-refractivity contribution < 1.29 is 4.74 Å². The van der Waals surface area contributed by atoms with Crippen LogP contribution in [0.3, 0.4) is 0 Å². The van der Waals surface area contributed by atoms with Gasteiger partial charge in [0, 0.05) is 0 Å². The SMILES string of the molecule is O=c1c(=Cc2cc(Cl)c(OCc3cccc4ccccc34)c(Cl)c2)sc2nc3ccccc3n12. The number of hydrogen-bond donors (Lipinski definition) is 0. The van der Waals surface area contributed by atoms with Gasteiger partial charge in [-0.25, -0.2) is 9.38 Å². The highest BCUT2D eigenvalue weighted by molar-refractivity contribution is 7.15. The highest BCUT2D eigenvalue weighted by Gasteiger charge is 2.13. The largest absolute Gasteiger partial charge is 0.486 e. The molecule has 2 heterocycles. The van der Waals surface area contributed by atoms with E-state index in [-0.39, 0.29) is 5.56 Å². The Balaban J connectivity index is 1.34. The first kappa shape index (κ1) is 21.2. The second-order valence-corrected chi connectivity index (χ2v) is 9.70. The van der Waals surface area contributed by atoms with Crippen LogP contribution in [0.2, 0.25) is 10.0 Å². The molecule has 0 aliphatic rings. The number of halogens is 2. The molecule has 6 rings (SSSR count). The molecule has 0 radical (unpaired) electrons. The van der Waals surface area contributed by atoms with Gasteiger partial charge in [-0.05, 0) is 52.2 Å². The molecule has 0 aliphatic carbocycles. The number of ether oxygens (including phenoxy) is 1. The molecule has 0 saturated heterocycles. The summed E-state index contributed by atoms with van der Waals surface area (Å²) in [6.07, 6.45) is 1.78. The van der Waals surface area contributed by atoms with E-state index in [4.69, 9.17) is 27.9 Å². The number of fused-ring (bicyclic) bond motifs is 4. The molecule has 0 atom stereocenters. The van der Waals surface area contributed by atoms with Crippen LogP contribution in [0.5, 0.6) is 5.75 Å². The van der Waals surface area contributed by atoms with Crippen LogP contribution in [0.25, 0.3) is 32.8 Å². The second kappa shape index (κ2) is 8.44. The zero-order chi connectivity index (χ0) is 23.2. The number of hydrogen-bond acceptors (Lipinski definition) is 4. The van der Waals surface area contributed by atoms with E-state index < -0.39 is 0 Å². The van der Waals surface area contributed by atoms with Crippen LogP contribution in [0.1, 0.15) is 11.1 Å². The van der Waals surface area contributed by atoms with E-state index in [1.807, 2.05) is 48.5 Å². The van der Waals surface area contributed by atoms with Gasteiger partial charge in [0.1, 0.15) is 6.61 Å². The molecule has 0 spiro atoms. The molecule has 0 aliphatic heterocycles. The maximum atomic E-state index is 13.0. The smallest absolute Gasteiger partial charge is 0.274 e. The molecule has 0 bridgehead atoms. The molecule has 2 aromatic heterocycles. The normalized spacial score (nSPS) is 12.2. The van der Waals surface area contributed by atoms with E-state index >= 15 is 0 Å². The lowest BCUT2D eigenvalue weighted by atomic mass is 10.1. The van der Waals surface area contributed by atoms with Crippen molar-refractivity contribution in [1.29, 1.82) is 0 Å². The number of thiazole rings is 1. The third-order valence-electron chi connectivity index (χ3n) is 5.72. The topological polar surface area (TPSA) is 43.6 Å². The molecular weight excluding hydrogens is 487 g/mol. The van der Waals surface area contributed by atoms with Crippen LogP contribution in [0.4, 0.5) is 0 Å². The fraction of sp³-hybridized carbons (Fsp3) is 0.0370. The van der Waals surface area contributed by atoms with Crippen molar-refractivity contribution in [3.05, 3.63) is 115 Å². The van der Waals surface area contributed by atoms with Gasteiger partial charge >= 0.3 is 0 Å². The van der Waals surface area contributed by atoms with Crippen LogP contribution in [0, 0.1) is 0 Å². The Kier molecular flexibility index (Phi) is 5.26. The summed E-state index contributed by atoms with van der Waals surface area (Å²) in [7, 11) is 0. The van der Waals surface area contributed by atoms with Gasteiger partial charge in [-0.2, -0.15) is 0 Å². The lowest BCUT2D eigenvalue weighted by molar-refractivity contribution is 0.308. The Morgan fingerprint density at radius 3 is 2.53 bits per heavy atom. The summed E-state index contributed by atoms with van der Waals surface area (Å²) >= 11 is 14.4. The first-order chi connectivity index (χ1) is 16.6. The molecular formula is C27H16Cl2N2O2S. The molecule has 0 unspecified atom stereocenters. The monoisotopic (exact) mass is 502 g/mol. The van der Waals surface area contributed by atoms with Crippen molar-refractivity contribution in [2.24, 2.45) is 0 Å². The fourth-order valence-corrected chi connectivity index (χ4v) is 5.73. The van der Waals surface area contributed by atoms with Crippen molar-refractivity contribution in [1.82, 2.24) is 9.38 Å². The van der Waals surface area contributed by atoms with E-state index in [1.54, 1.807) is 22.6 Å². The maximum Gasteiger partial charge on any atom is 0.274 e. The molecule has 166 valence electrons. The predicted molar refractivity (Wildman–Crippen MR) is 140 cm³/mol. The summed E-state index contributed by atoms with van der Waals surface area (Å²) in [6.45, 7) is 0.337. The lowest BCUT2D eigenvalue weighted by Crippen LogP contribution is -2.22. The number of benzene rings is 4. The zero-order valence-corrected chi connectivity index (χ0v) is 20.0. The number of aromatic nitrogens is 2. The van der Waals surface area contributed by atoms with E-state index in [9.17, 15) is 4.79 Å². The summed E-state index contributed by atoms with van der Waals surface area (Å²) < 4.78 is 8.22. The average Bonchev–Trinajstić information content (AvgIpc) is 3.34. The van der Waals surface area contributed by atoms with Gasteiger partial charge < -0.3 is 4.74 Å². The maximum absolute atomic E-state index is 13.0. The third-order valence-corrected chi connectivity index (χ3v) is 7.25. The molecule has 0 N–H and O–H groups in total. The van der Waals surface area contributed by atoms with E-state index in [1.165, 1.54) is 11.3 Å². The zero-order valence-electron chi connectivity index (χ0n) is 17.7. The minimum atomic E-state index is -0.114. The van der Waals surface area contributed by atoms with Crippen molar-refractivity contribution in [2.45, 2.75) is 6.61 Å². The highest BCUT2D eigenvalue weighted by atomic mass is 35.5. The van der Waals surface area contributed by atoms with Crippen LogP contribution in [0.15, 0.2) is 83.7 Å². The van der Waals surface area contributed by atoms with Gasteiger partial charge in [0.2, 0.25) is 0 Å². The predicted octanol–water partition coefficient (Wildman–Crippen LogP) is 6.50. The van der Waals surface area contributed by atoms with Crippen molar-refractivity contribution in [2.75, 3.05) is 0 Å². The molecule has 7 heteroatoms. The highest BCUT2D eigenvalue weighted by Crippen LogP contribution is 2.35.